The zero-order valence-electron chi connectivity index (χ0n) is 10.8. The number of aromatic nitrogens is 2. The van der Waals surface area contributed by atoms with E-state index in [1.165, 1.54) is 0 Å². The minimum Gasteiger partial charge on any atom is -0.388 e. The summed E-state index contributed by atoms with van der Waals surface area (Å²) >= 11 is 5.92. The predicted octanol–water partition coefficient (Wildman–Crippen LogP) is 2.83. The van der Waals surface area contributed by atoms with Crippen molar-refractivity contribution in [2.75, 3.05) is 11.9 Å². The van der Waals surface area contributed by atoms with Gasteiger partial charge in [0.2, 0.25) is 0 Å². The molecule has 17 heavy (non-hydrogen) atoms. The van der Waals surface area contributed by atoms with E-state index in [4.69, 9.17) is 11.6 Å². The van der Waals surface area contributed by atoms with Crippen LogP contribution in [0.1, 0.15) is 45.9 Å². The van der Waals surface area contributed by atoms with Gasteiger partial charge in [-0.3, -0.25) is 0 Å². The van der Waals surface area contributed by atoms with Crippen molar-refractivity contribution in [2.24, 2.45) is 0 Å². The number of hydrogen-bond acceptors (Lipinski definition) is 4. The molecule has 0 bridgehead atoms. The molecule has 4 nitrogen and oxygen atoms in total. The molecule has 0 aliphatic heterocycles. The Hall–Kier alpha value is -0.870. The molecule has 1 atom stereocenters. The van der Waals surface area contributed by atoms with Crippen LogP contribution >= 0.6 is 11.6 Å². The molecule has 2 N–H and O–H groups in total. The third-order valence-corrected chi connectivity index (χ3v) is 2.83. The van der Waals surface area contributed by atoms with Gasteiger partial charge in [-0.05, 0) is 13.3 Å². The molecule has 0 aliphatic carbocycles. The van der Waals surface area contributed by atoms with E-state index in [0.29, 0.717) is 29.8 Å². The van der Waals surface area contributed by atoms with Gasteiger partial charge in [0.25, 0.3) is 0 Å². The van der Waals surface area contributed by atoms with E-state index < -0.39 is 5.60 Å². The highest BCUT2D eigenvalue weighted by atomic mass is 35.5. The van der Waals surface area contributed by atoms with E-state index in [9.17, 15) is 5.11 Å². The number of aliphatic hydroxyl groups is 1. The third-order valence-electron chi connectivity index (χ3n) is 2.64. The molecular weight excluding hydrogens is 238 g/mol. The van der Waals surface area contributed by atoms with E-state index in [-0.39, 0.29) is 5.92 Å². The van der Waals surface area contributed by atoms with Crippen molar-refractivity contribution in [1.82, 2.24) is 9.97 Å². The lowest BCUT2D eigenvalue weighted by atomic mass is 10.0. The van der Waals surface area contributed by atoms with Crippen LogP contribution in [0.15, 0.2) is 6.07 Å². The predicted molar refractivity (Wildman–Crippen MR) is 70.5 cm³/mol. The van der Waals surface area contributed by atoms with Gasteiger partial charge in [-0.15, -0.1) is 0 Å². The zero-order valence-corrected chi connectivity index (χ0v) is 11.5. The van der Waals surface area contributed by atoms with Gasteiger partial charge in [-0.2, -0.15) is 0 Å². The van der Waals surface area contributed by atoms with Gasteiger partial charge in [0.15, 0.2) is 0 Å². The molecule has 0 saturated heterocycles. The lowest BCUT2D eigenvalue weighted by Crippen LogP contribution is -2.32. The smallest absolute Gasteiger partial charge is 0.135 e. The van der Waals surface area contributed by atoms with Gasteiger partial charge in [-0.25, -0.2) is 9.97 Å². The number of rotatable bonds is 5. The summed E-state index contributed by atoms with van der Waals surface area (Å²) in [6, 6.07) is 1.67. The second-order valence-electron chi connectivity index (χ2n) is 4.79. The standard InChI is InChI=1S/C12H20ClN3O/c1-5-12(4,17)7-14-10-6-9(13)15-11(16-10)8(2)3/h6,8,17H,5,7H2,1-4H3,(H,14,15,16). The first-order valence-electron chi connectivity index (χ1n) is 5.85. The average molecular weight is 258 g/mol. The van der Waals surface area contributed by atoms with Gasteiger partial charge in [0.1, 0.15) is 16.8 Å². The van der Waals surface area contributed by atoms with E-state index in [0.717, 1.165) is 0 Å². The second-order valence-corrected chi connectivity index (χ2v) is 5.18. The quantitative estimate of drug-likeness (QED) is 0.797. The SMILES string of the molecule is CCC(C)(O)CNc1cc(Cl)nc(C(C)C)n1. The minimum atomic E-state index is -0.741. The number of hydrogen-bond donors (Lipinski definition) is 2. The number of nitrogens with one attached hydrogen (secondary N) is 1. The molecule has 1 aromatic rings. The molecule has 1 unspecified atom stereocenters. The number of halogens is 1. The molecule has 96 valence electrons. The maximum Gasteiger partial charge on any atom is 0.135 e. The Morgan fingerprint density at radius 2 is 2.12 bits per heavy atom. The van der Waals surface area contributed by atoms with Crippen molar-refractivity contribution in [3.63, 3.8) is 0 Å². The van der Waals surface area contributed by atoms with E-state index in [1.54, 1.807) is 13.0 Å². The van der Waals surface area contributed by atoms with Gasteiger partial charge >= 0.3 is 0 Å². The zero-order chi connectivity index (χ0) is 13.1. The monoisotopic (exact) mass is 257 g/mol. The maximum atomic E-state index is 9.89. The van der Waals surface area contributed by atoms with Crippen molar-refractivity contribution in [3.8, 4) is 0 Å². The molecule has 0 spiro atoms. The first kappa shape index (κ1) is 14.2. The fourth-order valence-corrected chi connectivity index (χ4v) is 1.38. The number of nitrogens with zero attached hydrogens (tertiary/aromatic N) is 2. The maximum absolute atomic E-state index is 9.89. The Bertz CT molecular complexity index is 380. The highest BCUT2D eigenvalue weighted by Crippen LogP contribution is 2.18. The van der Waals surface area contributed by atoms with Crippen molar-refractivity contribution in [1.29, 1.82) is 0 Å². The topological polar surface area (TPSA) is 58.0 Å². The summed E-state index contributed by atoms with van der Waals surface area (Å²) in [5.74, 6) is 1.58. The van der Waals surface area contributed by atoms with E-state index in [2.05, 4.69) is 15.3 Å². The van der Waals surface area contributed by atoms with Gasteiger partial charge in [0, 0.05) is 18.5 Å². The summed E-state index contributed by atoms with van der Waals surface area (Å²) in [5.41, 5.74) is -0.741. The third kappa shape index (κ3) is 4.48. The molecule has 0 radical (unpaired) electrons. The van der Waals surface area contributed by atoms with Crippen LogP contribution in [0.5, 0.6) is 0 Å². The summed E-state index contributed by atoms with van der Waals surface area (Å²) in [6.45, 7) is 8.18. The largest absolute Gasteiger partial charge is 0.388 e. The van der Waals surface area contributed by atoms with Crippen molar-refractivity contribution >= 4 is 17.4 Å². The molecule has 1 aromatic heterocycles. The van der Waals surface area contributed by atoms with E-state index in [1.807, 2.05) is 20.8 Å². The summed E-state index contributed by atoms with van der Waals surface area (Å²) < 4.78 is 0. The Morgan fingerprint density at radius 3 is 2.65 bits per heavy atom. The molecule has 1 rings (SSSR count). The molecule has 0 fully saturated rings. The minimum absolute atomic E-state index is 0.223. The van der Waals surface area contributed by atoms with Crippen molar-refractivity contribution in [3.05, 3.63) is 17.0 Å². The lowest BCUT2D eigenvalue weighted by Gasteiger charge is -2.22. The van der Waals surface area contributed by atoms with Gasteiger partial charge in [-0.1, -0.05) is 32.4 Å². The fraction of sp³-hybridized carbons (Fsp3) is 0.667. The normalized spacial score (nSPS) is 14.8. The first-order valence-corrected chi connectivity index (χ1v) is 6.22. The van der Waals surface area contributed by atoms with Crippen LogP contribution < -0.4 is 5.32 Å². The van der Waals surface area contributed by atoms with Crippen LogP contribution in [0.2, 0.25) is 5.15 Å². The number of anilines is 1. The molecular formula is C12H20ClN3O. The van der Waals surface area contributed by atoms with Crippen LogP contribution in [0.4, 0.5) is 5.82 Å². The van der Waals surface area contributed by atoms with E-state index >= 15 is 0 Å². The molecule has 0 saturated carbocycles. The summed E-state index contributed by atoms with van der Waals surface area (Å²) in [5, 5.41) is 13.4. The summed E-state index contributed by atoms with van der Waals surface area (Å²) in [6.07, 6.45) is 0.676. The molecule has 0 aromatic carbocycles. The first-order chi connectivity index (χ1) is 7.84. The fourth-order valence-electron chi connectivity index (χ4n) is 1.19. The van der Waals surface area contributed by atoms with Crippen molar-refractivity contribution in [2.45, 2.75) is 45.6 Å². The van der Waals surface area contributed by atoms with Gasteiger partial charge < -0.3 is 10.4 Å². The highest BCUT2D eigenvalue weighted by molar-refractivity contribution is 6.29. The summed E-state index contributed by atoms with van der Waals surface area (Å²) in [4.78, 5) is 8.50. The Kier molecular flexibility index (Phi) is 4.71. The Morgan fingerprint density at radius 1 is 1.47 bits per heavy atom. The highest BCUT2D eigenvalue weighted by Gasteiger charge is 2.17. The average Bonchev–Trinajstić information content (AvgIpc) is 2.26. The van der Waals surface area contributed by atoms with Crippen LogP contribution in [0, 0.1) is 0 Å². The van der Waals surface area contributed by atoms with Crippen LogP contribution in [0.3, 0.4) is 0 Å². The Labute approximate surface area is 107 Å². The van der Waals surface area contributed by atoms with Crippen LogP contribution in [-0.2, 0) is 0 Å². The summed E-state index contributed by atoms with van der Waals surface area (Å²) in [7, 11) is 0. The van der Waals surface area contributed by atoms with Crippen LogP contribution in [-0.4, -0.2) is 27.2 Å². The van der Waals surface area contributed by atoms with Crippen molar-refractivity contribution < 1.29 is 5.11 Å². The molecule has 0 aliphatic rings. The van der Waals surface area contributed by atoms with Crippen LogP contribution in [0.25, 0.3) is 0 Å². The lowest BCUT2D eigenvalue weighted by molar-refractivity contribution is 0.0696. The molecule has 1 heterocycles. The Balaban J connectivity index is 2.78. The molecule has 0 amide bonds. The van der Waals surface area contributed by atoms with Gasteiger partial charge in [0.05, 0.1) is 5.60 Å². The molecule has 5 heteroatoms. The second kappa shape index (κ2) is 5.65.